The molecule has 1 aliphatic carbocycles. The van der Waals surface area contributed by atoms with Gasteiger partial charge in [-0.25, -0.2) is 13.2 Å². The zero-order chi connectivity index (χ0) is 16.9. The van der Waals surface area contributed by atoms with Crippen LogP contribution < -0.4 is 4.74 Å². The standard InChI is InChI=1S/C19H17F3O2/c20-14-3-1-4-15-17(14)19(12-5-7-13(23)8-6-12)10-2-9-18(21,22)11-16(19)24-15/h1,3-8,16,23H,2,9-11H2. The van der Waals surface area contributed by atoms with Crippen LogP contribution in [0.4, 0.5) is 13.2 Å². The number of hydrogen-bond donors (Lipinski definition) is 1. The summed E-state index contributed by atoms with van der Waals surface area (Å²) in [5, 5.41) is 9.56. The van der Waals surface area contributed by atoms with E-state index in [4.69, 9.17) is 4.74 Å². The van der Waals surface area contributed by atoms with Crippen molar-refractivity contribution in [1.82, 2.24) is 0 Å². The second kappa shape index (κ2) is 5.16. The first-order valence-corrected chi connectivity index (χ1v) is 8.05. The van der Waals surface area contributed by atoms with Gasteiger partial charge in [-0.2, -0.15) is 0 Å². The molecule has 0 saturated heterocycles. The molecule has 1 heterocycles. The molecule has 0 radical (unpaired) electrons. The van der Waals surface area contributed by atoms with Gasteiger partial charge in [0.15, 0.2) is 0 Å². The molecule has 0 bridgehead atoms. The average molecular weight is 334 g/mol. The Balaban J connectivity index is 1.95. The smallest absolute Gasteiger partial charge is 0.251 e. The number of benzene rings is 2. The lowest BCUT2D eigenvalue weighted by Gasteiger charge is -2.34. The van der Waals surface area contributed by atoms with Crippen molar-refractivity contribution in [2.75, 3.05) is 0 Å². The fraction of sp³-hybridized carbons (Fsp3) is 0.368. The van der Waals surface area contributed by atoms with Crippen molar-refractivity contribution in [2.45, 2.75) is 43.1 Å². The summed E-state index contributed by atoms with van der Waals surface area (Å²) in [7, 11) is 0. The van der Waals surface area contributed by atoms with E-state index in [0.717, 1.165) is 0 Å². The van der Waals surface area contributed by atoms with E-state index in [0.29, 0.717) is 23.3 Å². The van der Waals surface area contributed by atoms with Crippen molar-refractivity contribution in [3.05, 3.63) is 59.4 Å². The van der Waals surface area contributed by atoms with Crippen molar-refractivity contribution >= 4 is 0 Å². The van der Waals surface area contributed by atoms with Gasteiger partial charge in [0.1, 0.15) is 23.4 Å². The summed E-state index contributed by atoms with van der Waals surface area (Å²) in [5.41, 5.74) is 0.110. The molecule has 5 heteroatoms. The zero-order valence-corrected chi connectivity index (χ0v) is 12.9. The third kappa shape index (κ3) is 2.18. The largest absolute Gasteiger partial charge is 0.508 e. The van der Waals surface area contributed by atoms with Gasteiger partial charge in [0, 0.05) is 18.4 Å². The number of fused-ring (bicyclic) bond motifs is 3. The highest BCUT2D eigenvalue weighted by Crippen LogP contribution is 2.56. The highest BCUT2D eigenvalue weighted by molar-refractivity contribution is 5.54. The van der Waals surface area contributed by atoms with E-state index in [2.05, 4.69) is 0 Å². The Morgan fingerprint density at radius 2 is 1.79 bits per heavy atom. The zero-order valence-electron chi connectivity index (χ0n) is 12.9. The van der Waals surface area contributed by atoms with Crippen molar-refractivity contribution in [1.29, 1.82) is 0 Å². The number of hydrogen-bond acceptors (Lipinski definition) is 2. The minimum absolute atomic E-state index is 0.0818. The second-order valence-electron chi connectivity index (χ2n) is 6.65. The average Bonchev–Trinajstić information content (AvgIpc) is 2.75. The van der Waals surface area contributed by atoms with Crippen LogP contribution in [0, 0.1) is 5.82 Å². The highest BCUT2D eigenvalue weighted by atomic mass is 19.3. The fourth-order valence-corrected chi connectivity index (χ4v) is 4.18. The molecule has 1 N–H and O–H groups in total. The molecule has 1 aliphatic heterocycles. The Morgan fingerprint density at radius 3 is 2.54 bits per heavy atom. The first kappa shape index (κ1) is 15.4. The summed E-state index contributed by atoms with van der Waals surface area (Å²) >= 11 is 0. The molecule has 1 fully saturated rings. The number of rotatable bonds is 1. The van der Waals surface area contributed by atoms with E-state index in [-0.39, 0.29) is 18.6 Å². The normalized spacial score (nSPS) is 27.7. The van der Waals surface area contributed by atoms with Crippen molar-refractivity contribution in [3.8, 4) is 11.5 Å². The molecule has 0 amide bonds. The van der Waals surface area contributed by atoms with Crippen LogP contribution >= 0.6 is 0 Å². The number of phenols is 1. The Bertz CT molecular complexity index is 773. The summed E-state index contributed by atoms with van der Waals surface area (Å²) < 4.78 is 48.8. The van der Waals surface area contributed by atoms with E-state index >= 15 is 0 Å². The van der Waals surface area contributed by atoms with Crippen molar-refractivity contribution in [2.24, 2.45) is 0 Å². The fourth-order valence-electron chi connectivity index (χ4n) is 4.18. The van der Waals surface area contributed by atoms with E-state index < -0.39 is 29.7 Å². The summed E-state index contributed by atoms with van der Waals surface area (Å²) in [6.45, 7) is 0. The van der Waals surface area contributed by atoms with Crippen LogP contribution in [-0.2, 0) is 5.41 Å². The molecular weight excluding hydrogens is 317 g/mol. The van der Waals surface area contributed by atoms with Crippen LogP contribution in [0.5, 0.6) is 11.5 Å². The first-order chi connectivity index (χ1) is 11.4. The van der Waals surface area contributed by atoms with E-state index in [1.165, 1.54) is 24.3 Å². The maximum atomic E-state index is 14.7. The summed E-state index contributed by atoms with van der Waals surface area (Å²) in [6.07, 6.45) is -0.835. The van der Waals surface area contributed by atoms with E-state index in [1.54, 1.807) is 18.2 Å². The first-order valence-electron chi connectivity index (χ1n) is 8.05. The van der Waals surface area contributed by atoms with Crippen molar-refractivity contribution in [3.63, 3.8) is 0 Å². The van der Waals surface area contributed by atoms with Crippen LogP contribution in [0.3, 0.4) is 0 Å². The lowest BCUT2D eigenvalue weighted by molar-refractivity contribution is -0.0402. The molecule has 2 aliphatic rings. The molecule has 2 aromatic rings. The van der Waals surface area contributed by atoms with Gasteiger partial charge in [-0.1, -0.05) is 18.2 Å². The third-order valence-corrected chi connectivity index (χ3v) is 5.22. The molecule has 4 rings (SSSR count). The molecule has 0 aromatic heterocycles. The minimum atomic E-state index is -2.83. The van der Waals surface area contributed by atoms with Gasteiger partial charge >= 0.3 is 0 Å². The number of phenolic OH excluding ortho intramolecular Hbond substituents is 1. The summed E-state index contributed by atoms with van der Waals surface area (Å²) in [6, 6.07) is 10.9. The van der Waals surface area contributed by atoms with E-state index in [1.807, 2.05) is 0 Å². The third-order valence-electron chi connectivity index (χ3n) is 5.22. The molecule has 2 atom stereocenters. The molecular formula is C19H17F3O2. The van der Waals surface area contributed by atoms with Crippen LogP contribution in [0.15, 0.2) is 42.5 Å². The van der Waals surface area contributed by atoms with Gasteiger partial charge in [0.05, 0.1) is 5.41 Å². The molecule has 2 unspecified atom stereocenters. The van der Waals surface area contributed by atoms with Gasteiger partial charge in [0.2, 0.25) is 0 Å². The number of ether oxygens (including phenoxy) is 1. The van der Waals surface area contributed by atoms with Gasteiger partial charge in [-0.3, -0.25) is 0 Å². The molecule has 24 heavy (non-hydrogen) atoms. The van der Waals surface area contributed by atoms with Crippen LogP contribution in [0.2, 0.25) is 0 Å². The molecule has 126 valence electrons. The van der Waals surface area contributed by atoms with Crippen LogP contribution in [-0.4, -0.2) is 17.1 Å². The predicted molar refractivity (Wildman–Crippen MR) is 83.1 cm³/mol. The lowest BCUT2D eigenvalue weighted by Crippen LogP contribution is -2.41. The number of alkyl halides is 2. The van der Waals surface area contributed by atoms with E-state index in [9.17, 15) is 18.3 Å². The van der Waals surface area contributed by atoms with Gasteiger partial charge in [-0.05, 0) is 42.7 Å². The summed E-state index contributed by atoms with van der Waals surface area (Å²) in [5.74, 6) is -2.85. The topological polar surface area (TPSA) is 29.5 Å². The second-order valence-corrected chi connectivity index (χ2v) is 6.65. The van der Waals surface area contributed by atoms with Crippen molar-refractivity contribution < 1.29 is 23.0 Å². The van der Waals surface area contributed by atoms with Crippen LogP contribution in [0.25, 0.3) is 0 Å². The van der Waals surface area contributed by atoms with Gasteiger partial charge in [0.25, 0.3) is 5.92 Å². The quantitative estimate of drug-likeness (QED) is 0.813. The SMILES string of the molecule is Oc1ccc(C23CCCC(F)(F)CC2Oc2cccc(F)c23)cc1. The van der Waals surface area contributed by atoms with Gasteiger partial charge in [-0.15, -0.1) is 0 Å². The molecule has 1 saturated carbocycles. The predicted octanol–water partition coefficient (Wildman–Crippen LogP) is 4.79. The molecule has 2 aromatic carbocycles. The highest BCUT2D eigenvalue weighted by Gasteiger charge is 2.56. The van der Waals surface area contributed by atoms with Gasteiger partial charge < -0.3 is 9.84 Å². The Kier molecular flexibility index (Phi) is 3.31. The maximum Gasteiger partial charge on any atom is 0.251 e. The Hall–Kier alpha value is -2.17. The summed E-state index contributed by atoms with van der Waals surface area (Å²) in [4.78, 5) is 0. The maximum absolute atomic E-state index is 14.7. The Labute approximate surface area is 137 Å². The van der Waals surface area contributed by atoms with Crippen LogP contribution in [0.1, 0.15) is 36.8 Å². The molecule has 0 spiro atoms. The Morgan fingerprint density at radius 1 is 1.04 bits per heavy atom. The monoisotopic (exact) mass is 334 g/mol. The molecule has 2 nitrogen and oxygen atoms in total. The number of halogens is 3. The number of aromatic hydroxyl groups is 1. The minimum Gasteiger partial charge on any atom is -0.508 e. The lowest BCUT2D eigenvalue weighted by atomic mass is 9.68.